The molecule has 1 saturated heterocycles. The average Bonchev–Trinajstić information content (AvgIpc) is 3.92. The van der Waals surface area contributed by atoms with Crippen LogP contribution in [0.25, 0.3) is 0 Å². The van der Waals surface area contributed by atoms with Gasteiger partial charge in [0.2, 0.25) is 5.91 Å². The molecule has 8 rings (SSSR count). The number of anilines is 4. The Morgan fingerprint density at radius 2 is 1.67 bits per heavy atom. The van der Waals surface area contributed by atoms with Crippen molar-refractivity contribution in [2.45, 2.75) is 88.4 Å². The number of ether oxygens (including phenoxy) is 2. The first-order valence-corrected chi connectivity index (χ1v) is 24.5. The van der Waals surface area contributed by atoms with Crippen LogP contribution in [0.15, 0.2) is 103 Å². The Morgan fingerprint density at radius 3 is 2.38 bits per heavy atom. The lowest BCUT2D eigenvalue weighted by Gasteiger charge is -2.36. The number of aryl methyl sites for hydroxylation is 1. The van der Waals surface area contributed by atoms with Gasteiger partial charge in [0, 0.05) is 47.7 Å². The second-order valence-electron chi connectivity index (χ2n) is 16.9. The van der Waals surface area contributed by atoms with E-state index in [0.717, 1.165) is 29.0 Å². The summed E-state index contributed by atoms with van der Waals surface area (Å²) < 4.78 is 14.8. The van der Waals surface area contributed by atoms with Crippen molar-refractivity contribution >= 4 is 42.9 Å². The molecule has 0 saturated carbocycles. The molecule has 0 radical (unpaired) electrons. The molecule has 5 aromatic rings. The lowest BCUT2D eigenvalue weighted by atomic mass is 9.82. The van der Waals surface area contributed by atoms with Gasteiger partial charge >= 0.3 is 0 Å². The van der Waals surface area contributed by atoms with Gasteiger partial charge in [0.25, 0.3) is 5.91 Å². The van der Waals surface area contributed by atoms with Gasteiger partial charge in [-0.05, 0) is 112 Å². The normalized spacial score (nSPS) is 22.8. The molecule has 0 bridgehead atoms. The predicted molar refractivity (Wildman–Crippen MR) is 236 cm³/mol. The molecule has 320 valence electrons. The summed E-state index contributed by atoms with van der Waals surface area (Å²) in [6.07, 6.45) is 3.60. The third-order valence-electron chi connectivity index (χ3n) is 12.6. The zero-order valence-electron chi connectivity index (χ0n) is 35.3. The number of para-hydroxylation sites is 1. The van der Waals surface area contributed by atoms with Crippen LogP contribution in [0, 0.1) is 5.92 Å². The standard InChI is InChI=1S/C47H56N6O7Si/c1-5-59-36-19-21-41-33(26-36)27-39(48-23-12-13-25-54)45(56)52(41)35-18-20-42-38(28-35)47(46(57)53(42)34-16-10-7-11-17-34)31(2)44(61(3,4)58)43(60-47)22-24-51-29-40(49-50-51)37(30-55)32-14-8-6-9-15-32/h6-11,14-21,26,28-29,31,37,39,43-44,48,54-55,58H,5,12-13,22-25,27,30H2,1-4H3/t31-,37?,39?,43+,44-,47+/m0/s1. The molecule has 0 aliphatic carbocycles. The SMILES string of the molecule is CCOc1ccc2c(c1)CC(NCCCCO)C(=O)N2c1ccc2c(c1)[C@@]1(O[C@H](CCn3cc(C(CO)c4ccccc4)nn3)[C@@H]([Si](C)(C)O)[C@@H]1C)C(=O)N2c1ccccc1. The highest BCUT2D eigenvalue weighted by Gasteiger charge is 2.66. The number of rotatable bonds is 16. The Bertz CT molecular complexity index is 2340. The van der Waals surface area contributed by atoms with Gasteiger partial charge in [-0.3, -0.25) is 24.1 Å². The molecule has 13 nitrogen and oxygen atoms in total. The molecular weight excluding hydrogens is 789 g/mol. The third-order valence-corrected chi connectivity index (χ3v) is 15.1. The van der Waals surface area contributed by atoms with E-state index in [1.807, 2.05) is 130 Å². The van der Waals surface area contributed by atoms with E-state index in [2.05, 4.69) is 15.6 Å². The molecule has 2 unspecified atom stereocenters. The van der Waals surface area contributed by atoms with Crippen molar-refractivity contribution in [2.24, 2.45) is 5.92 Å². The number of hydrogen-bond acceptors (Lipinski definition) is 10. The number of aliphatic hydroxyl groups excluding tert-OH is 2. The fourth-order valence-corrected chi connectivity index (χ4v) is 12.5. The fraction of sp³-hybridized carbons (Fsp3) is 0.404. The van der Waals surface area contributed by atoms with Crippen LogP contribution in [-0.2, 0) is 32.9 Å². The van der Waals surface area contributed by atoms with E-state index < -0.39 is 32.0 Å². The van der Waals surface area contributed by atoms with Crippen LogP contribution < -0.4 is 19.9 Å². The van der Waals surface area contributed by atoms with E-state index in [9.17, 15) is 19.8 Å². The van der Waals surface area contributed by atoms with Gasteiger partial charge in [-0.1, -0.05) is 60.7 Å². The largest absolute Gasteiger partial charge is 0.494 e. The number of hydrogen-bond donors (Lipinski definition) is 4. The summed E-state index contributed by atoms with van der Waals surface area (Å²) in [5, 5.41) is 32.0. The first-order valence-electron chi connectivity index (χ1n) is 21.4. The van der Waals surface area contributed by atoms with E-state index in [-0.39, 0.29) is 36.5 Å². The molecule has 1 fully saturated rings. The van der Waals surface area contributed by atoms with E-state index >= 15 is 4.79 Å². The van der Waals surface area contributed by atoms with Crippen LogP contribution in [0.1, 0.15) is 61.4 Å². The van der Waals surface area contributed by atoms with Crippen molar-refractivity contribution < 1.29 is 34.1 Å². The number of benzene rings is 4. The maximum Gasteiger partial charge on any atom is 0.268 e. The van der Waals surface area contributed by atoms with Crippen LogP contribution in [0.2, 0.25) is 18.6 Å². The minimum absolute atomic E-state index is 0.0852. The van der Waals surface area contributed by atoms with Gasteiger partial charge in [0.15, 0.2) is 13.9 Å². The number of nitrogens with zero attached hydrogens (tertiary/aromatic N) is 5. The van der Waals surface area contributed by atoms with E-state index in [4.69, 9.17) is 9.47 Å². The molecule has 4 N–H and O–H groups in total. The minimum Gasteiger partial charge on any atom is -0.494 e. The molecule has 6 atom stereocenters. The fourth-order valence-electron chi connectivity index (χ4n) is 9.85. The summed E-state index contributed by atoms with van der Waals surface area (Å²) in [6.45, 7) is 9.22. The lowest BCUT2D eigenvalue weighted by molar-refractivity contribution is -0.145. The van der Waals surface area contributed by atoms with Gasteiger partial charge < -0.3 is 29.8 Å². The number of aromatic nitrogens is 3. The number of nitrogens with one attached hydrogen (secondary N) is 1. The quantitative estimate of drug-likeness (QED) is 0.0654. The second kappa shape index (κ2) is 17.6. The van der Waals surface area contributed by atoms with Crippen LogP contribution >= 0.6 is 0 Å². The zero-order chi connectivity index (χ0) is 42.9. The molecular formula is C47H56N6O7Si. The van der Waals surface area contributed by atoms with E-state index in [1.165, 1.54) is 0 Å². The maximum absolute atomic E-state index is 15.4. The summed E-state index contributed by atoms with van der Waals surface area (Å²) in [4.78, 5) is 45.5. The van der Waals surface area contributed by atoms with Crippen LogP contribution in [0.4, 0.5) is 22.7 Å². The monoisotopic (exact) mass is 844 g/mol. The van der Waals surface area contributed by atoms with Crippen molar-refractivity contribution in [3.63, 3.8) is 0 Å². The number of amides is 2. The molecule has 3 aliphatic heterocycles. The number of carbonyl (C=O) groups is 2. The second-order valence-corrected chi connectivity index (χ2v) is 20.9. The van der Waals surface area contributed by atoms with Crippen LogP contribution in [0.3, 0.4) is 0 Å². The van der Waals surface area contributed by atoms with Crippen molar-refractivity contribution in [3.8, 4) is 5.75 Å². The van der Waals surface area contributed by atoms with Crippen molar-refractivity contribution in [2.75, 3.05) is 36.2 Å². The lowest BCUT2D eigenvalue weighted by Crippen LogP contribution is -2.49. The average molecular weight is 845 g/mol. The maximum atomic E-state index is 15.4. The van der Waals surface area contributed by atoms with Crippen LogP contribution in [0.5, 0.6) is 5.75 Å². The highest BCUT2D eigenvalue weighted by Crippen LogP contribution is 2.61. The molecule has 14 heteroatoms. The third kappa shape index (κ3) is 7.92. The molecule has 2 amide bonds. The van der Waals surface area contributed by atoms with Gasteiger partial charge in [-0.15, -0.1) is 5.10 Å². The van der Waals surface area contributed by atoms with Crippen molar-refractivity contribution in [1.29, 1.82) is 0 Å². The molecule has 4 heterocycles. The first-order chi connectivity index (χ1) is 29.5. The molecule has 1 spiro atoms. The highest BCUT2D eigenvalue weighted by molar-refractivity contribution is 6.71. The molecule has 4 aromatic carbocycles. The number of unbranched alkanes of at least 4 members (excludes halogenated alkanes) is 1. The minimum atomic E-state index is -3.02. The van der Waals surface area contributed by atoms with Crippen molar-refractivity contribution in [1.82, 2.24) is 20.3 Å². The summed E-state index contributed by atoms with van der Waals surface area (Å²) >= 11 is 0. The Balaban J connectivity index is 1.18. The Labute approximate surface area is 358 Å². The number of fused-ring (bicyclic) bond motifs is 3. The van der Waals surface area contributed by atoms with Gasteiger partial charge in [-0.2, -0.15) is 0 Å². The van der Waals surface area contributed by atoms with Crippen LogP contribution in [-0.4, -0.2) is 88.6 Å². The zero-order valence-corrected chi connectivity index (χ0v) is 36.3. The Morgan fingerprint density at radius 1 is 0.934 bits per heavy atom. The van der Waals surface area contributed by atoms with Gasteiger partial charge in [0.05, 0.1) is 48.3 Å². The topological polar surface area (TPSA) is 163 Å². The first kappa shape index (κ1) is 42.5. The summed E-state index contributed by atoms with van der Waals surface area (Å²) in [7, 11) is -3.02. The number of carbonyl (C=O) groups excluding carboxylic acids is 2. The highest BCUT2D eigenvalue weighted by atomic mass is 28.4. The summed E-state index contributed by atoms with van der Waals surface area (Å²) in [6, 6.07) is 30.2. The molecule has 1 aromatic heterocycles. The molecule has 61 heavy (non-hydrogen) atoms. The van der Waals surface area contributed by atoms with E-state index in [0.29, 0.717) is 67.3 Å². The Kier molecular flexibility index (Phi) is 12.3. The van der Waals surface area contributed by atoms with Gasteiger partial charge in [0.1, 0.15) is 5.75 Å². The number of aliphatic hydroxyl groups is 2. The smallest absolute Gasteiger partial charge is 0.268 e. The van der Waals surface area contributed by atoms with Crippen molar-refractivity contribution in [3.05, 3.63) is 126 Å². The Hall–Kier alpha value is -5.22. The predicted octanol–water partition coefficient (Wildman–Crippen LogP) is 6.32. The van der Waals surface area contributed by atoms with E-state index in [1.54, 1.807) is 14.5 Å². The summed E-state index contributed by atoms with van der Waals surface area (Å²) in [5.74, 6) is -0.412. The summed E-state index contributed by atoms with van der Waals surface area (Å²) in [5.41, 5.74) is 4.05. The molecule has 3 aliphatic rings. The van der Waals surface area contributed by atoms with Gasteiger partial charge in [-0.25, -0.2) is 0 Å².